The van der Waals surface area contributed by atoms with E-state index in [2.05, 4.69) is 6.07 Å². The number of likely N-dealkylation sites (tertiary alicyclic amines) is 1. The summed E-state index contributed by atoms with van der Waals surface area (Å²) in [5.41, 5.74) is -0.179. The number of nitriles is 1. The van der Waals surface area contributed by atoms with Gasteiger partial charge in [0, 0.05) is 18.9 Å². The first-order chi connectivity index (χ1) is 15.1. The second kappa shape index (κ2) is 10.1. The second-order valence-electron chi connectivity index (χ2n) is 11.0. The molecule has 1 fully saturated rings. The zero-order chi connectivity index (χ0) is 25.0. The third-order valence-electron chi connectivity index (χ3n) is 5.71. The van der Waals surface area contributed by atoms with Gasteiger partial charge in [-0.05, 0) is 72.4 Å². The molecule has 33 heavy (non-hydrogen) atoms. The maximum atomic E-state index is 12.3. The van der Waals surface area contributed by atoms with Gasteiger partial charge in [0.25, 0.3) is 0 Å². The molecular weight excluding hydrogens is 420 g/mol. The van der Waals surface area contributed by atoms with Gasteiger partial charge >= 0.3 is 12.1 Å². The molecule has 1 aromatic carbocycles. The van der Waals surface area contributed by atoms with Crippen molar-refractivity contribution in [1.82, 2.24) is 4.90 Å². The van der Waals surface area contributed by atoms with Crippen molar-refractivity contribution in [3.8, 4) is 6.07 Å². The number of carbonyl (C=O) groups is 2. The summed E-state index contributed by atoms with van der Waals surface area (Å²) in [6.07, 6.45) is 0.0183. The Morgan fingerprint density at radius 2 is 1.64 bits per heavy atom. The molecule has 1 amide bonds. The fraction of sp³-hybridized carbons (Fsp3) is 0.654. The average molecular weight is 459 g/mol. The molecule has 182 valence electrons. The van der Waals surface area contributed by atoms with Gasteiger partial charge in [-0.15, -0.1) is 0 Å². The van der Waals surface area contributed by atoms with Crippen molar-refractivity contribution in [2.75, 3.05) is 13.1 Å². The van der Waals surface area contributed by atoms with E-state index < -0.39 is 28.8 Å². The molecule has 1 N–H and O–H groups in total. The Kier molecular flexibility index (Phi) is 8.18. The van der Waals surface area contributed by atoms with Gasteiger partial charge in [-0.2, -0.15) is 5.26 Å². The van der Waals surface area contributed by atoms with E-state index in [-0.39, 0.29) is 24.9 Å². The molecule has 2 unspecified atom stereocenters. The number of hydrogen-bond donors (Lipinski definition) is 1. The summed E-state index contributed by atoms with van der Waals surface area (Å²) >= 11 is 0. The van der Waals surface area contributed by atoms with Crippen LogP contribution in [0.4, 0.5) is 4.79 Å². The number of β-amino-alcohol motifs (C(OH)–C–C–N with tert-alkyl or cyclic N) is 1. The maximum Gasteiger partial charge on any atom is 0.410 e. The normalized spacial score (nSPS) is 21.0. The highest BCUT2D eigenvalue weighted by atomic mass is 16.6. The number of aliphatic hydroxyl groups is 1. The van der Waals surface area contributed by atoms with Crippen LogP contribution in [-0.4, -0.2) is 52.5 Å². The summed E-state index contributed by atoms with van der Waals surface area (Å²) in [5.74, 6) is -0.423. The van der Waals surface area contributed by atoms with Gasteiger partial charge in [-0.25, -0.2) is 4.79 Å². The number of aliphatic hydroxyl groups excluding tert-OH is 1. The van der Waals surface area contributed by atoms with Crippen molar-refractivity contribution in [2.45, 2.75) is 96.4 Å². The van der Waals surface area contributed by atoms with Gasteiger partial charge < -0.3 is 19.5 Å². The molecule has 0 saturated carbocycles. The fourth-order valence-electron chi connectivity index (χ4n) is 3.92. The van der Waals surface area contributed by atoms with Crippen LogP contribution in [0.3, 0.4) is 0 Å². The van der Waals surface area contributed by atoms with Gasteiger partial charge in [0.1, 0.15) is 11.2 Å². The van der Waals surface area contributed by atoms with Gasteiger partial charge in [-0.1, -0.05) is 24.3 Å². The molecule has 7 heteroatoms. The Morgan fingerprint density at radius 3 is 2.12 bits per heavy atom. The van der Waals surface area contributed by atoms with Gasteiger partial charge in [0.15, 0.2) is 0 Å². The number of hydrogen-bond acceptors (Lipinski definition) is 6. The highest BCUT2D eigenvalue weighted by Crippen LogP contribution is 2.33. The van der Waals surface area contributed by atoms with Crippen LogP contribution in [0.2, 0.25) is 0 Å². The van der Waals surface area contributed by atoms with E-state index in [9.17, 15) is 20.0 Å². The number of rotatable bonds is 5. The highest BCUT2D eigenvalue weighted by Gasteiger charge is 2.34. The Morgan fingerprint density at radius 1 is 1.06 bits per heavy atom. The van der Waals surface area contributed by atoms with Crippen LogP contribution in [0.15, 0.2) is 24.3 Å². The first-order valence-electron chi connectivity index (χ1n) is 11.5. The molecule has 0 aromatic heterocycles. The predicted molar refractivity (Wildman–Crippen MR) is 126 cm³/mol. The molecule has 0 aliphatic carbocycles. The zero-order valence-corrected chi connectivity index (χ0v) is 21.0. The molecule has 2 rings (SSSR count). The van der Waals surface area contributed by atoms with E-state index in [0.717, 1.165) is 11.1 Å². The predicted octanol–water partition coefficient (Wildman–Crippen LogP) is 4.68. The monoisotopic (exact) mass is 458 g/mol. The summed E-state index contributed by atoms with van der Waals surface area (Å²) in [6, 6.07) is 9.97. The van der Waals surface area contributed by atoms with Crippen molar-refractivity contribution in [3.05, 3.63) is 35.4 Å². The third-order valence-corrected chi connectivity index (χ3v) is 5.71. The van der Waals surface area contributed by atoms with Gasteiger partial charge in [0.05, 0.1) is 24.1 Å². The van der Waals surface area contributed by atoms with Crippen molar-refractivity contribution >= 4 is 12.1 Å². The molecule has 1 aliphatic heterocycles. The maximum absolute atomic E-state index is 12.3. The Labute approximate surface area is 197 Å². The number of carbonyl (C=O) groups excluding carboxylic acids is 2. The van der Waals surface area contributed by atoms with E-state index >= 15 is 0 Å². The quantitative estimate of drug-likeness (QED) is 0.644. The molecule has 1 aliphatic rings. The Bertz CT molecular complexity index is 876. The van der Waals surface area contributed by atoms with Crippen LogP contribution < -0.4 is 0 Å². The van der Waals surface area contributed by atoms with E-state index in [4.69, 9.17) is 9.47 Å². The molecule has 1 saturated heterocycles. The number of ether oxygens (including phenoxy) is 2. The minimum absolute atomic E-state index is 0.104. The van der Waals surface area contributed by atoms with Crippen LogP contribution in [-0.2, 0) is 19.7 Å². The summed E-state index contributed by atoms with van der Waals surface area (Å²) < 4.78 is 10.8. The number of nitrogens with zero attached hydrogens (tertiary/aromatic N) is 2. The van der Waals surface area contributed by atoms with Crippen LogP contribution >= 0.6 is 0 Å². The van der Waals surface area contributed by atoms with Gasteiger partial charge in [-0.3, -0.25) is 4.79 Å². The lowest BCUT2D eigenvalue weighted by Gasteiger charge is -2.37. The molecular formula is C26H38N2O5. The lowest BCUT2D eigenvalue weighted by molar-refractivity contribution is -0.155. The number of amides is 1. The zero-order valence-electron chi connectivity index (χ0n) is 21.0. The van der Waals surface area contributed by atoms with E-state index in [0.29, 0.717) is 19.4 Å². The third kappa shape index (κ3) is 7.75. The molecule has 0 bridgehead atoms. The topological polar surface area (TPSA) is 99.9 Å². The van der Waals surface area contributed by atoms with Crippen molar-refractivity contribution in [1.29, 1.82) is 5.26 Å². The summed E-state index contributed by atoms with van der Waals surface area (Å²) in [6.45, 7) is 13.4. The Balaban J connectivity index is 2.03. The summed E-state index contributed by atoms with van der Waals surface area (Å²) in [5, 5.41) is 20.5. The molecule has 3 atom stereocenters. The van der Waals surface area contributed by atoms with Crippen molar-refractivity contribution in [3.63, 3.8) is 0 Å². The van der Waals surface area contributed by atoms with Crippen LogP contribution in [0.1, 0.15) is 84.8 Å². The number of benzene rings is 1. The summed E-state index contributed by atoms with van der Waals surface area (Å²) in [4.78, 5) is 26.0. The molecule has 0 radical (unpaired) electrons. The lowest BCUT2D eigenvalue weighted by Crippen LogP contribution is -2.47. The largest absolute Gasteiger partial charge is 0.460 e. The van der Waals surface area contributed by atoms with Crippen LogP contribution in [0.25, 0.3) is 0 Å². The van der Waals surface area contributed by atoms with E-state index in [1.165, 1.54) is 0 Å². The van der Waals surface area contributed by atoms with Crippen LogP contribution in [0, 0.1) is 11.3 Å². The van der Waals surface area contributed by atoms with Gasteiger partial charge in [0.2, 0.25) is 0 Å². The van der Waals surface area contributed by atoms with Crippen molar-refractivity contribution < 1.29 is 24.2 Å². The smallest absolute Gasteiger partial charge is 0.410 e. The highest BCUT2D eigenvalue weighted by molar-refractivity contribution is 5.70. The lowest BCUT2D eigenvalue weighted by atomic mass is 9.78. The Hall–Kier alpha value is -2.59. The number of esters is 1. The molecule has 7 nitrogen and oxygen atoms in total. The first kappa shape index (κ1) is 26.7. The van der Waals surface area contributed by atoms with Crippen LogP contribution in [0.5, 0.6) is 0 Å². The minimum atomic E-state index is -0.825. The first-order valence-corrected chi connectivity index (χ1v) is 11.5. The molecule has 1 heterocycles. The summed E-state index contributed by atoms with van der Waals surface area (Å²) in [7, 11) is 0. The van der Waals surface area contributed by atoms with E-state index in [1.54, 1.807) is 4.90 Å². The SMILES string of the molecule is CC(C)(C)OC(=O)CC[C@@](C)(C#N)c1ccc(C2CCN(C(=O)OC(C)(C)C)CC2O)cc1. The average Bonchev–Trinajstić information content (AvgIpc) is 2.69. The fourth-order valence-corrected chi connectivity index (χ4v) is 3.92. The van der Waals surface area contributed by atoms with E-state index in [1.807, 2.05) is 72.7 Å². The van der Waals surface area contributed by atoms with Crippen molar-refractivity contribution in [2.24, 2.45) is 0 Å². The standard InChI is InChI=1S/C26H38N2O5/c1-24(2,3)32-22(30)12-14-26(7,17-27)19-10-8-18(9-11-19)20-13-15-28(16-21(20)29)23(31)33-25(4,5)6/h8-11,20-21,29H,12-16H2,1-7H3/t20?,21?,26-/m0/s1. The molecule has 0 spiro atoms. The number of piperidine rings is 1. The minimum Gasteiger partial charge on any atom is -0.460 e. The second-order valence-corrected chi connectivity index (χ2v) is 11.0. The molecule has 1 aromatic rings.